The summed E-state index contributed by atoms with van der Waals surface area (Å²) in [5, 5.41) is 11.4. The molecule has 0 saturated carbocycles. The number of hydrogen-bond acceptors (Lipinski definition) is 5. The number of ether oxygens (including phenoxy) is 1. The summed E-state index contributed by atoms with van der Waals surface area (Å²) < 4.78 is 7.92. The quantitative estimate of drug-likeness (QED) is 0.581. The number of rotatable bonds is 8. The van der Waals surface area contributed by atoms with Gasteiger partial charge in [0.1, 0.15) is 12.4 Å². The van der Waals surface area contributed by atoms with Gasteiger partial charge in [0, 0.05) is 11.7 Å². The molecule has 1 heterocycles. The van der Waals surface area contributed by atoms with E-state index in [9.17, 15) is 9.90 Å². The van der Waals surface area contributed by atoms with Crippen molar-refractivity contribution in [1.82, 2.24) is 9.55 Å². The predicted molar refractivity (Wildman–Crippen MR) is 96.8 cm³/mol. The van der Waals surface area contributed by atoms with Gasteiger partial charge in [-0.1, -0.05) is 36.0 Å². The summed E-state index contributed by atoms with van der Waals surface area (Å²) in [6.45, 7) is 3.18. The van der Waals surface area contributed by atoms with Gasteiger partial charge in [0.15, 0.2) is 5.16 Å². The minimum atomic E-state index is -1.04. The zero-order valence-corrected chi connectivity index (χ0v) is 14.8. The molecule has 130 valence electrons. The van der Waals surface area contributed by atoms with Gasteiger partial charge in [-0.05, 0) is 43.2 Å². The summed E-state index contributed by atoms with van der Waals surface area (Å²) in [6.07, 6.45) is 0.00760. The van der Waals surface area contributed by atoms with E-state index in [1.807, 2.05) is 55.5 Å². The number of hydrogen-bond donors (Lipinski definition) is 0. The second-order valence-corrected chi connectivity index (χ2v) is 6.73. The van der Waals surface area contributed by atoms with E-state index >= 15 is 0 Å². The molecule has 6 heteroatoms. The van der Waals surface area contributed by atoms with E-state index in [4.69, 9.17) is 4.74 Å². The van der Waals surface area contributed by atoms with Crippen molar-refractivity contribution in [2.24, 2.45) is 0 Å². The first-order chi connectivity index (χ1) is 12.1. The van der Waals surface area contributed by atoms with Crippen LogP contribution in [0.25, 0.3) is 11.0 Å². The molecule has 25 heavy (non-hydrogen) atoms. The van der Waals surface area contributed by atoms with Crippen LogP contribution in [0.4, 0.5) is 0 Å². The van der Waals surface area contributed by atoms with Crippen molar-refractivity contribution < 1.29 is 14.6 Å². The van der Waals surface area contributed by atoms with Crippen LogP contribution in [0.2, 0.25) is 0 Å². The molecule has 0 aliphatic heterocycles. The number of imidazole rings is 1. The lowest BCUT2D eigenvalue weighted by atomic mass is 10.2. The standard InChI is InChI=1S/C19H20N2O3S/c1-14-5-4-6-15(13-14)24-11-10-21-17-8-3-2-7-16(17)20-19(21)25-12-9-18(22)23/h2-8,13H,9-12H2,1H3,(H,22,23)/p-1. The monoisotopic (exact) mass is 355 g/mol. The van der Waals surface area contributed by atoms with E-state index in [-0.39, 0.29) is 6.42 Å². The van der Waals surface area contributed by atoms with Crippen molar-refractivity contribution in [2.75, 3.05) is 12.4 Å². The molecule has 0 atom stereocenters. The molecule has 0 spiro atoms. The second kappa shape index (κ2) is 8.07. The van der Waals surface area contributed by atoms with Gasteiger partial charge in [0.05, 0.1) is 17.6 Å². The van der Waals surface area contributed by atoms with Gasteiger partial charge in [-0.2, -0.15) is 0 Å². The van der Waals surface area contributed by atoms with Crippen molar-refractivity contribution in [3.8, 4) is 5.75 Å². The molecule has 0 N–H and O–H groups in total. The van der Waals surface area contributed by atoms with Crippen LogP contribution in [0.15, 0.2) is 53.7 Å². The molecule has 3 aromatic rings. The maximum Gasteiger partial charge on any atom is 0.169 e. The van der Waals surface area contributed by atoms with E-state index < -0.39 is 5.97 Å². The number of carbonyl (C=O) groups excluding carboxylic acids is 1. The molecule has 5 nitrogen and oxygen atoms in total. The number of carboxylic acids is 1. The number of nitrogens with zero attached hydrogens (tertiary/aromatic N) is 2. The molecule has 0 radical (unpaired) electrons. The largest absolute Gasteiger partial charge is 0.550 e. The Kier molecular flexibility index (Phi) is 5.60. The summed E-state index contributed by atoms with van der Waals surface area (Å²) in [5.74, 6) is 0.234. The van der Waals surface area contributed by atoms with Crippen molar-refractivity contribution in [1.29, 1.82) is 0 Å². The molecule has 0 aliphatic rings. The van der Waals surface area contributed by atoms with Crippen LogP contribution in [0, 0.1) is 6.92 Å². The maximum atomic E-state index is 10.6. The first kappa shape index (κ1) is 17.4. The predicted octanol–water partition coefficient (Wildman–Crippen LogP) is 2.66. The number of aromatic nitrogens is 2. The zero-order valence-electron chi connectivity index (χ0n) is 14.0. The average molecular weight is 355 g/mol. The molecule has 0 amide bonds. The fourth-order valence-corrected chi connectivity index (χ4v) is 3.52. The molecule has 0 saturated heterocycles. The summed E-state index contributed by atoms with van der Waals surface area (Å²) >= 11 is 1.43. The fraction of sp³-hybridized carbons (Fsp3) is 0.263. The van der Waals surface area contributed by atoms with Crippen LogP contribution in [0.1, 0.15) is 12.0 Å². The Balaban J connectivity index is 1.72. The average Bonchev–Trinajstić information content (AvgIpc) is 2.93. The molecule has 0 aliphatic carbocycles. The van der Waals surface area contributed by atoms with Crippen LogP contribution in [-0.2, 0) is 11.3 Å². The highest BCUT2D eigenvalue weighted by Gasteiger charge is 2.11. The third-order valence-electron chi connectivity index (χ3n) is 3.73. The molecular weight excluding hydrogens is 336 g/mol. The number of carboxylic acid groups (broad SMARTS) is 1. The van der Waals surface area contributed by atoms with Gasteiger partial charge in [0.25, 0.3) is 0 Å². The Bertz CT molecular complexity index is 876. The Morgan fingerprint density at radius 1 is 1.24 bits per heavy atom. The lowest BCUT2D eigenvalue weighted by Crippen LogP contribution is -2.22. The van der Waals surface area contributed by atoms with Crippen LogP contribution in [0.3, 0.4) is 0 Å². The van der Waals surface area contributed by atoms with Gasteiger partial charge >= 0.3 is 0 Å². The summed E-state index contributed by atoms with van der Waals surface area (Å²) in [7, 11) is 0. The number of aliphatic carboxylic acids is 1. The van der Waals surface area contributed by atoms with Crippen molar-refractivity contribution in [2.45, 2.75) is 25.0 Å². The summed E-state index contributed by atoms with van der Waals surface area (Å²) in [4.78, 5) is 15.2. The molecule has 1 aromatic heterocycles. The smallest absolute Gasteiger partial charge is 0.169 e. The fourth-order valence-electron chi connectivity index (χ4n) is 2.57. The SMILES string of the molecule is Cc1cccc(OCCn2c(SCCC(=O)[O-])nc3ccccc32)c1. The maximum absolute atomic E-state index is 10.6. The Morgan fingerprint density at radius 3 is 2.88 bits per heavy atom. The first-order valence-electron chi connectivity index (χ1n) is 8.11. The summed E-state index contributed by atoms with van der Waals surface area (Å²) in [6, 6.07) is 15.8. The summed E-state index contributed by atoms with van der Waals surface area (Å²) in [5.41, 5.74) is 3.07. The zero-order chi connectivity index (χ0) is 17.6. The topological polar surface area (TPSA) is 67.2 Å². The first-order valence-corrected chi connectivity index (χ1v) is 9.09. The van der Waals surface area contributed by atoms with E-state index in [1.165, 1.54) is 11.8 Å². The van der Waals surface area contributed by atoms with Crippen LogP contribution >= 0.6 is 11.8 Å². The van der Waals surface area contributed by atoms with Gasteiger partial charge in [-0.3, -0.25) is 0 Å². The van der Waals surface area contributed by atoms with E-state index in [0.717, 1.165) is 27.5 Å². The molecule has 0 unspecified atom stereocenters. The van der Waals surface area contributed by atoms with Gasteiger partial charge < -0.3 is 19.2 Å². The third kappa shape index (κ3) is 4.54. The van der Waals surface area contributed by atoms with Crippen LogP contribution < -0.4 is 9.84 Å². The number of thioether (sulfide) groups is 1. The highest BCUT2D eigenvalue weighted by molar-refractivity contribution is 7.99. The van der Waals surface area contributed by atoms with E-state index in [0.29, 0.717) is 18.9 Å². The molecular formula is C19H19N2O3S-. The molecule has 2 aromatic carbocycles. The second-order valence-electron chi connectivity index (χ2n) is 5.67. The lowest BCUT2D eigenvalue weighted by Gasteiger charge is -2.11. The molecule has 0 bridgehead atoms. The lowest BCUT2D eigenvalue weighted by molar-refractivity contribution is -0.305. The number of para-hydroxylation sites is 2. The number of benzene rings is 2. The third-order valence-corrected chi connectivity index (χ3v) is 4.71. The minimum absolute atomic E-state index is 0.00760. The number of aryl methyl sites for hydroxylation is 1. The van der Waals surface area contributed by atoms with Gasteiger partial charge in [-0.15, -0.1) is 0 Å². The normalized spacial score (nSPS) is 10.9. The van der Waals surface area contributed by atoms with Crippen LogP contribution in [0.5, 0.6) is 5.75 Å². The molecule has 0 fully saturated rings. The van der Waals surface area contributed by atoms with E-state index in [2.05, 4.69) is 9.55 Å². The van der Waals surface area contributed by atoms with Crippen molar-refractivity contribution in [3.63, 3.8) is 0 Å². The molecule has 3 rings (SSSR count). The Labute approximate surface area is 150 Å². The van der Waals surface area contributed by atoms with Crippen molar-refractivity contribution in [3.05, 3.63) is 54.1 Å². The van der Waals surface area contributed by atoms with Crippen LogP contribution in [-0.4, -0.2) is 27.9 Å². The van der Waals surface area contributed by atoms with Crippen molar-refractivity contribution >= 4 is 28.8 Å². The number of fused-ring (bicyclic) bond motifs is 1. The minimum Gasteiger partial charge on any atom is -0.550 e. The van der Waals surface area contributed by atoms with Gasteiger partial charge in [-0.25, -0.2) is 4.98 Å². The Hall–Kier alpha value is -2.47. The van der Waals surface area contributed by atoms with E-state index in [1.54, 1.807) is 0 Å². The highest BCUT2D eigenvalue weighted by Crippen LogP contribution is 2.24. The Morgan fingerprint density at radius 2 is 2.08 bits per heavy atom. The van der Waals surface area contributed by atoms with Gasteiger partial charge in [0.2, 0.25) is 0 Å². The highest BCUT2D eigenvalue weighted by atomic mass is 32.2. The number of carbonyl (C=O) groups is 1.